The largest absolute Gasteiger partial charge is 0.395 e. The molecular formula is C16H25NO2. The highest BCUT2D eigenvalue weighted by atomic mass is 16.3. The van der Waals surface area contributed by atoms with Gasteiger partial charge in [-0.2, -0.15) is 0 Å². The van der Waals surface area contributed by atoms with Gasteiger partial charge in [-0.05, 0) is 25.8 Å². The number of benzene rings is 1. The van der Waals surface area contributed by atoms with E-state index < -0.39 is 0 Å². The molecule has 1 aromatic carbocycles. The maximum Gasteiger partial charge on any atom is 0.0702 e. The highest BCUT2D eigenvalue weighted by Crippen LogP contribution is 2.30. The normalized spacial score (nSPS) is 16.6. The fourth-order valence-electron chi connectivity index (χ4n) is 3.12. The van der Waals surface area contributed by atoms with Crippen molar-refractivity contribution in [2.24, 2.45) is 0 Å². The van der Waals surface area contributed by atoms with Gasteiger partial charge in [-0.3, -0.25) is 0 Å². The second-order valence-corrected chi connectivity index (χ2v) is 5.50. The maximum absolute atomic E-state index is 9.57. The summed E-state index contributed by atoms with van der Waals surface area (Å²) in [7, 11) is 0. The summed E-state index contributed by atoms with van der Waals surface area (Å²) in [5.74, 6) is 0. The van der Waals surface area contributed by atoms with Crippen molar-refractivity contribution in [3.8, 4) is 0 Å². The van der Waals surface area contributed by atoms with Crippen LogP contribution >= 0.6 is 0 Å². The Labute approximate surface area is 115 Å². The van der Waals surface area contributed by atoms with Gasteiger partial charge in [-0.15, -0.1) is 0 Å². The lowest BCUT2D eigenvalue weighted by molar-refractivity contribution is 0.277. The van der Waals surface area contributed by atoms with Crippen LogP contribution in [0.4, 0.5) is 5.69 Å². The minimum atomic E-state index is 0.0612. The minimum absolute atomic E-state index is 0.0612. The Kier molecular flexibility index (Phi) is 5.23. The van der Waals surface area contributed by atoms with E-state index in [1.54, 1.807) is 0 Å². The topological polar surface area (TPSA) is 43.7 Å². The lowest BCUT2D eigenvalue weighted by atomic mass is 9.93. The van der Waals surface area contributed by atoms with Crippen LogP contribution in [0.3, 0.4) is 0 Å². The lowest BCUT2D eigenvalue weighted by Crippen LogP contribution is -2.39. The van der Waals surface area contributed by atoms with Gasteiger partial charge < -0.3 is 15.1 Å². The number of aliphatic hydroxyl groups is 2. The molecule has 0 radical (unpaired) electrons. The fraction of sp³-hybridized carbons (Fsp3) is 0.625. The Bertz CT molecular complexity index is 400. The van der Waals surface area contributed by atoms with Crippen LogP contribution in [0.2, 0.25) is 0 Å². The molecule has 0 amide bonds. The summed E-state index contributed by atoms with van der Waals surface area (Å²) in [4.78, 5) is 2.30. The van der Waals surface area contributed by atoms with Gasteiger partial charge in [-0.1, -0.05) is 37.0 Å². The van der Waals surface area contributed by atoms with E-state index in [0.29, 0.717) is 12.6 Å². The van der Waals surface area contributed by atoms with Gasteiger partial charge >= 0.3 is 0 Å². The van der Waals surface area contributed by atoms with Gasteiger partial charge in [0, 0.05) is 23.8 Å². The van der Waals surface area contributed by atoms with Gasteiger partial charge in [0.25, 0.3) is 0 Å². The summed E-state index contributed by atoms with van der Waals surface area (Å²) >= 11 is 0. The number of rotatable bonds is 5. The van der Waals surface area contributed by atoms with Gasteiger partial charge in [0.2, 0.25) is 0 Å². The highest BCUT2D eigenvalue weighted by Gasteiger charge is 2.22. The van der Waals surface area contributed by atoms with Crippen molar-refractivity contribution < 1.29 is 10.2 Å². The van der Waals surface area contributed by atoms with E-state index in [4.69, 9.17) is 0 Å². The van der Waals surface area contributed by atoms with E-state index in [1.807, 2.05) is 13.0 Å². The smallest absolute Gasteiger partial charge is 0.0702 e. The molecule has 2 N–H and O–H groups in total. The molecule has 1 saturated carbocycles. The quantitative estimate of drug-likeness (QED) is 0.858. The predicted molar refractivity (Wildman–Crippen MR) is 78.4 cm³/mol. The third-order valence-corrected chi connectivity index (χ3v) is 4.07. The average Bonchev–Trinajstić information content (AvgIpc) is 2.46. The van der Waals surface area contributed by atoms with E-state index in [0.717, 1.165) is 11.3 Å². The van der Waals surface area contributed by atoms with Crippen LogP contribution in [0, 0.1) is 6.92 Å². The summed E-state index contributed by atoms with van der Waals surface area (Å²) in [6.45, 7) is 2.92. The Morgan fingerprint density at radius 1 is 1.16 bits per heavy atom. The fourth-order valence-corrected chi connectivity index (χ4v) is 3.12. The standard InChI is InChI=1S/C16H25NO2/c1-13-7-8-16(14(11-13)12-19)17(9-10-18)15-5-3-2-4-6-15/h7-8,11,15,18-19H,2-6,9-10,12H2,1H3. The van der Waals surface area contributed by atoms with Gasteiger partial charge in [0.05, 0.1) is 13.2 Å². The Morgan fingerprint density at radius 3 is 2.53 bits per heavy atom. The summed E-state index contributed by atoms with van der Waals surface area (Å²) in [5.41, 5.74) is 3.23. The number of anilines is 1. The van der Waals surface area contributed by atoms with Gasteiger partial charge in [0.15, 0.2) is 0 Å². The lowest BCUT2D eigenvalue weighted by Gasteiger charge is -2.37. The molecule has 3 nitrogen and oxygen atoms in total. The number of aliphatic hydroxyl groups excluding tert-OH is 2. The van der Waals surface area contributed by atoms with Crippen molar-refractivity contribution in [3.63, 3.8) is 0 Å². The minimum Gasteiger partial charge on any atom is -0.395 e. The molecule has 1 aromatic rings. The van der Waals surface area contributed by atoms with Crippen molar-refractivity contribution in [1.29, 1.82) is 0 Å². The first-order chi connectivity index (χ1) is 9.26. The molecule has 106 valence electrons. The molecule has 1 aliphatic carbocycles. The van der Waals surface area contributed by atoms with Crippen LogP contribution in [0.5, 0.6) is 0 Å². The van der Waals surface area contributed by atoms with Crippen molar-refractivity contribution in [3.05, 3.63) is 29.3 Å². The maximum atomic E-state index is 9.57. The summed E-state index contributed by atoms with van der Waals surface area (Å²) in [6.07, 6.45) is 6.25. The molecule has 0 atom stereocenters. The first kappa shape index (κ1) is 14.4. The molecule has 0 heterocycles. The number of hydrogen-bond acceptors (Lipinski definition) is 3. The van der Waals surface area contributed by atoms with E-state index in [2.05, 4.69) is 17.0 Å². The van der Waals surface area contributed by atoms with Crippen LogP contribution in [-0.4, -0.2) is 29.4 Å². The Morgan fingerprint density at radius 2 is 1.89 bits per heavy atom. The van der Waals surface area contributed by atoms with E-state index >= 15 is 0 Å². The SMILES string of the molecule is Cc1ccc(N(CCO)C2CCCCC2)c(CO)c1. The Balaban J connectivity index is 2.26. The van der Waals surface area contributed by atoms with Crippen LogP contribution in [0.1, 0.15) is 43.2 Å². The third kappa shape index (κ3) is 3.48. The number of hydrogen-bond donors (Lipinski definition) is 2. The van der Waals surface area contributed by atoms with Crippen molar-refractivity contribution in [1.82, 2.24) is 0 Å². The summed E-state index contributed by atoms with van der Waals surface area (Å²) < 4.78 is 0. The number of aryl methyl sites for hydroxylation is 1. The molecule has 19 heavy (non-hydrogen) atoms. The van der Waals surface area contributed by atoms with E-state index in [-0.39, 0.29) is 13.2 Å². The average molecular weight is 263 g/mol. The van der Waals surface area contributed by atoms with Gasteiger partial charge in [-0.25, -0.2) is 0 Å². The molecule has 1 fully saturated rings. The van der Waals surface area contributed by atoms with E-state index in [9.17, 15) is 10.2 Å². The first-order valence-corrected chi connectivity index (χ1v) is 7.34. The van der Waals surface area contributed by atoms with Crippen molar-refractivity contribution >= 4 is 5.69 Å². The molecule has 2 rings (SSSR count). The van der Waals surface area contributed by atoms with Crippen LogP contribution in [0.15, 0.2) is 18.2 Å². The molecule has 0 saturated heterocycles. The monoisotopic (exact) mass is 263 g/mol. The van der Waals surface area contributed by atoms with Crippen molar-refractivity contribution in [2.45, 2.75) is 51.7 Å². The molecule has 0 unspecified atom stereocenters. The van der Waals surface area contributed by atoms with Crippen LogP contribution in [0.25, 0.3) is 0 Å². The predicted octanol–water partition coefficient (Wildman–Crippen LogP) is 2.62. The molecule has 3 heteroatoms. The molecule has 0 spiro atoms. The molecule has 0 aromatic heterocycles. The van der Waals surface area contributed by atoms with Crippen molar-refractivity contribution in [2.75, 3.05) is 18.1 Å². The second-order valence-electron chi connectivity index (χ2n) is 5.50. The van der Waals surface area contributed by atoms with Gasteiger partial charge in [0.1, 0.15) is 0 Å². The zero-order valence-electron chi connectivity index (χ0n) is 11.8. The molecular weight excluding hydrogens is 238 g/mol. The zero-order valence-corrected chi connectivity index (χ0v) is 11.8. The summed E-state index contributed by atoms with van der Waals surface area (Å²) in [6, 6.07) is 6.73. The Hall–Kier alpha value is -1.06. The van der Waals surface area contributed by atoms with Crippen LogP contribution in [-0.2, 0) is 6.61 Å². The third-order valence-electron chi connectivity index (χ3n) is 4.07. The summed E-state index contributed by atoms with van der Waals surface area (Å²) in [5, 5.41) is 18.9. The molecule has 1 aliphatic rings. The van der Waals surface area contributed by atoms with E-state index in [1.165, 1.54) is 37.7 Å². The number of nitrogens with zero attached hydrogens (tertiary/aromatic N) is 1. The highest BCUT2D eigenvalue weighted by molar-refractivity contribution is 5.55. The molecule has 0 bridgehead atoms. The molecule has 0 aliphatic heterocycles. The first-order valence-electron chi connectivity index (χ1n) is 7.34. The van der Waals surface area contributed by atoms with Crippen LogP contribution < -0.4 is 4.90 Å². The zero-order chi connectivity index (χ0) is 13.7. The second kappa shape index (κ2) is 6.92.